The zero-order chi connectivity index (χ0) is 29.6. The Balaban J connectivity index is 1.69. The van der Waals surface area contributed by atoms with Crippen molar-refractivity contribution in [1.82, 2.24) is 19.9 Å². The standard InChI is InChI=1S/C31H34FN5O4/c1-20-34-29(26-15-23(17-33-28(26)32)16-27(38)41-31(2,3)4)36-30(35-20)37(18-21-7-11-24(39-5)12-8-21)19-22-9-13-25(40-6)14-10-22/h7-15,17H,16,18-19H2,1-6H3. The highest BCUT2D eigenvalue weighted by molar-refractivity contribution is 5.73. The second kappa shape index (κ2) is 12.7. The summed E-state index contributed by atoms with van der Waals surface area (Å²) in [6.45, 7) is 8.04. The van der Waals surface area contributed by atoms with Crippen LogP contribution in [0, 0.1) is 12.9 Å². The quantitative estimate of drug-likeness (QED) is 0.184. The van der Waals surface area contributed by atoms with Crippen molar-refractivity contribution in [2.24, 2.45) is 0 Å². The number of halogens is 1. The Labute approximate surface area is 239 Å². The van der Waals surface area contributed by atoms with E-state index in [0.29, 0.717) is 30.4 Å². The van der Waals surface area contributed by atoms with Crippen molar-refractivity contribution < 1.29 is 23.4 Å². The summed E-state index contributed by atoms with van der Waals surface area (Å²) in [5, 5.41) is 0. The fourth-order valence-corrected chi connectivity index (χ4v) is 4.12. The second-order valence-corrected chi connectivity index (χ2v) is 10.5. The van der Waals surface area contributed by atoms with Gasteiger partial charge in [-0.25, -0.2) is 9.97 Å². The summed E-state index contributed by atoms with van der Waals surface area (Å²) in [4.78, 5) is 31.9. The Hall–Kier alpha value is -4.60. The minimum absolute atomic E-state index is 0.0600. The third-order valence-electron chi connectivity index (χ3n) is 5.99. The molecule has 0 aliphatic rings. The average molecular weight is 560 g/mol. The zero-order valence-corrected chi connectivity index (χ0v) is 24.1. The number of nitrogens with zero attached hydrogens (tertiary/aromatic N) is 5. The van der Waals surface area contributed by atoms with Crippen molar-refractivity contribution in [3.8, 4) is 22.9 Å². The lowest BCUT2D eigenvalue weighted by Crippen LogP contribution is -2.25. The van der Waals surface area contributed by atoms with Gasteiger partial charge < -0.3 is 19.1 Å². The van der Waals surface area contributed by atoms with E-state index < -0.39 is 17.5 Å². The highest BCUT2D eigenvalue weighted by atomic mass is 19.1. The van der Waals surface area contributed by atoms with Crippen LogP contribution in [0.5, 0.6) is 11.5 Å². The van der Waals surface area contributed by atoms with Gasteiger partial charge in [-0.3, -0.25) is 4.79 Å². The molecule has 0 bridgehead atoms. The maximum atomic E-state index is 15.0. The molecule has 10 heteroatoms. The van der Waals surface area contributed by atoms with Crippen LogP contribution in [0.15, 0.2) is 60.8 Å². The summed E-state index contributed by atoms with van der Waals surface area (Å²) in [7, 11) is 3.24. The molecule has 0 fully saturated rings. The van der Waals surface area contributed by atoms with Crippen molar-refractivity contribution in [3.63, 3.8) is 0 Å². The predicted molar refractivity (Wildman–Crippen MR) is 153 cm³/mol. The number of carbonyl (C=O) groups excluding carboxylic acids is 1. The van der Waals surface area contributed by atoms with Crippen LogP contribution in [0.2, 0.25) is 0 Å². The smallest absolute Gasteiger partial charge is 0.310 e. The van der Waals surface area contributed by atoms with Gasteiger partial charge in [0.25, 0.3) is 0 Å². The number of hydrogen-bond acceptors (Lipinski definition) is 9. The van der Waals surface area contributed by atoms with Crippen molar-refractivity contribution in [2.75, 3.05) is 19.1 Å². The van der Waals surface area contributed by atoms with Crippen LogP contribution >= 0.6 is 0 Å². The van der Waals surface area contributed by atoms with E-state index in [1.54, 1.807) is 41.9 Å². The Bertz CT molecular complexity index is 1440. The van der Waals surface area contributed by atoms with Crippen LogP contribution < -0.4 is 14.4 Å². The predicted octanol–water partition coefficient (Wildman–Crippen LogP) is 5.49. The number of hydrogen-bond donors (Lipinski definition) is 0. The lowest BCUT2D eigenvalue weighted by molar-refractivity contribution is -0.153. The summed E-state index contributed by atoms with van der Waals surface area (Å²) in [6.07, 6.45) is 1.26. The lowest BCUT2D eigenvalue weighted by Gasteiger charge is -2.24. The highest BCUT2D eigenvalue weighted by Crippen LogP contribution is 2.25. The third-order valence-corrected chi connectivity index (χ3v) is 5.99. The minimum Gasteiger partial charge on any atom is -0.497 e. The molecule has 9 nitrogen and oxygen atoms in total. The van der Waals surface area contributed by atoms with E-state index in [4.69, 9.17) is 14.2 Å². The molecule has 2 aromatic carbocycles. The van der Waals surface area contributed by atoms with Crippen LogP contribution in [0.25, 0.3) is 11.4 Å². The number of esters is 1. The molecule has 0 saturated heterocycles. The lowest BCUT2D eigenvalue weighted by atomic mass is 10.1. The molecule has 0 unspecified atom stereocenters. The first-order valence-corrected chi connectivity index (χ1v) is 13.1. The van der Waals surface area contributed by atoms with Crippen LogP contribution in [0.1, 0.15) is 43.3 Å². The summed E-state index contributed by atoms with van der Waals surface area (Å²) in [6, 6.07) is 17.0. The molecule has 0 amide bonds. The Kier molecular flexibility index (Phi) is 9.11. The monoisotopic (exact) mass is 559 g/mol. The molecule has 0 aliphatic carbocycles. The van der Waals surface area contributed by atoms with Gasteiger partial charge in [0, 0.05) is 19.3 Å². The Morgan fingerprint density at radius 3 is 1.93 bits per heavy atom. The van der Waals surface area contributed by atoms with Crippen molar-refractivity contribution in [2.45, 2.75) is 52.8 Å². The van der Waals surface area contributed by atoms with Crippen molar-refractivity contribution in [1.29, 1.82) is 0 Å². The number of aryl methyl sites for hydroxylation is 1. The maximum Gasteiger partial charge on any atom is 0.310 e. The second-order valence-electron chi connectivity index (χ2n) is 10.5. The molecule has 0 saturated carbocycles. The molecule has 0 spiro atoms. The molecule has 214 valence electrons. The normalized spacial score (nSPS) is 11.2. The van der Waals surface area contributed by atoms with Crippen LogP contribution in [0.4, 0.5) is 10.3 Å². The van der Waals surface area contributed by atoms with Crippen LogP contribution in [-0.2, 0) is 29.0 Å². The van der Waals surface area contributed by atoms with Gasteiger partial charge in [-0.05, 0) is 74.7 Å². The topological polar surface area (TPSA) is 99.6 Å². The van der Waals surface area contributed by atoms with Crippen molar-refractivity contribution in [3.05, 3.63) is 89.3 Å². The van der Waals surface area contributed by atoms with Crippen molar-refractivity contribution >= 4 is 11.9 Å². The maximum absolute atomic E-state index is 15.0. The van der Waals surface area contributed by atoms with E-state index in [1.165, 1.54) is 12.3 Å². The fourth-order valence-electron chi connectivity index (χ4n) is 4.12. The fraction of sp³-hybridized carbons (Fsp3) is 0.323. The van der Waals surface area contributed by atoms with Gasteiger partial charge in [-0.15, -0.1) is 0 Å². The van der Waals surface area contributed by atoms with Gasteiger partial charge in [0.05, 0.1) is 26.2 Å². The van der Waals surface area contributed by atoms with Gasteiger partial charge in [-0.2, -0.15) is 14.4 Å². The first kappa shape index (κ1) is 29.4. The molecule has 0 N–H and O–H groups in total. The molecule has 2 aromatic heterocycles. The number of benzene rings is 2. The van der Waals surface area contributed by atoms with Gasteiger partial charge in [-0.1, -0.05) is 24.3 Å². The summed E-state index contributed by atoms with van der Waals surface area (Å²) in [5.74, 6) is 1.23. The van der Waals surface area contributed by atoms with E-state index in [-0.39, 0.29) is 17.8 Å². The number of carbonyl (C=O) groups is 1. The number of pyridine rings is 1. The van der Waals surface area contributed by atoms with Crippen LogP contribution in [0.3, 0.4) is 0 Å². The number of ether oxygens (including phenoxy) is 3. The SMILES string of the molecule is COc1ccc(CN(Cc2ccc(OC)cc2)c2nc(C)nc(-c3cc(CC(=O)OC(C)(C)C)cnc3F)n2)cc1. The molecule has 0 aliphatic heterocycles. The number of anilines is 1. The van der Waals surface area contributed by atoms with E-state index in [2.05, 4.69) is 19.9 Å². The molecular formula is C31H34FN5O4. The molecule has 0 radical (unpaired) electrons. The Morgan fingerprint density at radius 1 is 0.854 bits per heavy atom. The van der Waals surface area contributed by atoms with E-state index >= 15 is 0 Å². The number of aromatic nitrogens is 4. The third kappa shape index (κ3) is 8.20. The van der Waals surface area contributed by atoms with E-state index in [9.17, 15) is 9.18 Å². The van der Waals surface area contributed by atoms with E-state index in [1.807, 2.05) is 53.4 Å². The first-order chi connectivity index (χ1) is 19.5. The van der Waals surface area contributed by atoms with Gasteiger partial charge >= 0.3 is 5.97 Å². The molecule has 2 heterocycles. The van der Waals surface area contributed by atoms with Gasteiger partial charge in [0.1, 0.15) is 22.9 Å². The molecule has 4 rings (SSSR count). The highest BCUT2D eigenvalue weighted by Gasteiger charge is 2.20. The molecule has 4 aromatic rings. The Morgan fingerprint density at radius 2 is 1.41 bits per heavy atom. The summed E-state index contributed by atoms with van der Waals surface area (Å²) < 4.78 is 31.0. The summed E-state index contributed by atoms with van der Waals surface area (Å²) >= 11 is 0. The average Bonchev–Trinajstić information content (AvgIpc) is 2.93. The van der Waals surface area contributed by atoms with Crippen LogP contribution in [-0.4, -0.2) is 45.7 Å². The minimum atomic E-state index is -0.744. The largest absolute Gasteiger partial charge is 0.497 e. The first-order valence-electron chi connectivity index (χ1n) is 13.1. The van der Waals surface area contributed by atoms with E-state index in [0.717, 1.165) is 22.6 Å². The molecular weight excluding hydrogens is 525 g/mol. The number of rotatable bonds is 10. The zero-order valence-electron chi connectivity index (χ0n) is 24.1. The molecule has 0 atom stereocenters. The number of methoxy groups -OCH3 is 2. The van der Waals surface area contributed by atoms with Gasteiger partial charge in [0.15, 0.2) is 5.82 Å². The van der Waals surface area contributed by atoms with Gasteiger partial charge in [0.2, 0.25) is 11.9 Å². The molecule has 41 heavy (non-hydrogen) atoms. The summed E-state index contributed by atoms with van der Waals surface area (Å²) in [5.41, 5.74) is 1.94.